The molecule has 37 heavy (non-hydrogen) atoms. The number of pyridine rings is 1. The topological polar surface area (TPSA) is 124 Å². The Balaban J connectivity index is 1.37. The zero-order chi connectivity index (χ0) is 25.8. The van der Waals surface area contributed by atoms with Crippen molar-refractivity contribution in [1.29, 1.82) is 0 Å². The minimum absolute atomic E-state index is 0.184. The van der Waals surface area contributed by atoms with Crippen molar-refractivity contribution in [2.75, 3.05) is 5.73 Å². The lowest BCUT2D eigenvalue weighted by molar-refractivity contribution is 0.0949. The van der Waals surface area contributed by atoms with Crippen LogP contribution in [0.1, 0.15) is 37.5 Å². The number of carbonyl (C=O) groups is 2. The third-order valence-corrected chi connectivity index (χ3v) is 6.99. The monoisotopic (exact) mass is 488 g/mol. The molecular formula is C30H24N4O3. The fourth-order valence-electron chi connectivity index (χ4n) is 5.16. The number of aryl methyl sites for hydroxylation is 2. The summed E-state index contributed by atoms with van der Waals surface area (Å²) in [5.41, 5.74) is 18.3. The number of primary amides is 1. The second kappa shape index (κ2) is 8.34. The third kappa shape index (κ3) is 3.63. The molecule has 0 atom stereocenters. The number of benzene rings is 4. The van der Waals surface area contributed by atoms with Gasteiger partial charge in [-0.3, -0.25) is 9.59 Å². The summed E-state index contributed by atoms with van der Waals surface area (Å²) in [6.07, 6.45) is 0. The quantitative estimate of drug-likeness (QED) is 0.278. The molecule has 6 aromatic rings. The molecule has 2 amide bonds. The molecule has 5 N–H and O–H groups in total. The van der Waals surface area contributed by atoms with E-state index in [9.17, 15) is 9.59 Å². The van der Waals surface area contributed by atoms with E-state index in [2.05, 4.69) is 10.3 Å². The Morgan fingerprint density at radius 1 is 0.892 bits per heavy atom. The van der Waals surface area contributed by atoms with Crippen LogP contribution < -0.4 is 16.8 Å². The number of hydrogen-bond acceptors (Lipinski definition) is 5. The molecule has 0 fully saturated rings. The van der Waals surface area contributed by atoms with Crippen LogP contribution in [0.3, 0.4) is 0 Å². The maximum atomic E-state index is 13.0. The van der Waals surface area contributed by atoms with Gasteiger partial charge in [0.05, 0.1) is 0 Å². The maximum Gasteiger partial charge on any atom is 0.251 e. The Bertz CT molecular complexity index is 1850. The number of anilines is 1. The second-order valence-corrected chi connectivity index (χ2v) is 9.30. The van der Waals surface area contributed by atoms with E-state index in [1.807, 2.05) is 62.4 Å². The number of hydrogen-bond donors (Lipinski definition) is 3. The van der Waals surface area contributed by atoms with Crippen LogP contribution in [0.5, 0.6) is 0 Å². The van der Waals surface area contributed by atoms with Gasteiger partial charge in [0.1, 0.15) is 17.0 Å². The summed E-state index contributed by atoms with van der Waals surface area (Å²) < 4.78 is 6.18. The zero-order valence-corrected chi connectivity index (χ0v) is 20.4. The van der Waals surface area contributed by atoms with E-state index in [4.69, 9.17) is 15.9 Å². The van der Waals surface area contributed by atoms with Crippen LogP contribution in [0.25, 0.3) is 43.8 Å². The maximum absolute atomic E-state index is 13.0. The molecule has 6 rings (SSSR count). The number of rotatable bonds is 5. The lowest BCUT2D eigenvalue weighted by atomic mass is 9.95. The van der Waals surface area contributed by atoms with Crippen LogP contribution in [0.2, 0.25) is 0 Å². The average Bonchev–Trinajstić information content (AvgIpc) is 3.44. The predicted octanol–water partition coefficient (Wildman–Crippen LogP) is 5.47. The number of nitrogen functional groups attached to an aromatic ring is 1. The molecule has 0 unspecified atom stereocenters. The van der Waals surface area contributed by atoms with Gasteiger partial charge in [-0.25, -0.2) is 4.98 Å². The molecule has 2 bridgehead atoms. The van der Waals surface area contributed by atoms with Crippen LogP contribution in [0, 0.1) is 13.8 Å². The van der Waals surface area contributed by atoms with Crippen LogP contribution in [-0.2, 0) is 6.54 Å². The average molecular weight is 489 g/mol. The smallest absolute Gasteiger partial charge is 0.251 e. The Labute approximate surface area is 212 Å². The number of nitrogens with zero attached hydrogens (tertiary/aromatic N) is 1. The van der Waals surface area contributed by atoms with Crippen molar-refractivity contribution in [2.24, 2.45) is 5.73 Å². The summed E-state index contributed by atoms with van der Waals surface area (Å²) in [5.74, 6) is -0.192. The van der Waals surface area contributed by atoms with Crippen molar-refractivity contribution >= 4 is 50.3 Å². The highest BCUT2D eigenvalue weighted by Gasteiger charge is 2.20. The van der Waals surface area contributed by atoms with Gasteiger partial charge in [0.25, 0.3) is 5.91 Å². The largest absolute Gasteiger partial charge is 0.455 e. The molecule has 0 aliphatic carbocycles. The second-order valence-electron chi connectivity index (χ2n) is 9.30. The van der Waals surface area contributed by atoms with E-state index in [-0.39, 0.29) is 5.91 Å². The number of furan rings is 2. The van der Waals surface area contributed by atoms with Gasteiger partial charge < -0.3 is 21.2 Å². The van der Waals surface area contributed by atoms with Gasteiger partial charge in [0, 0.05) is 44.9 Å². The zero-order valence-electron chi connectivity index (χ0n) is 20.4. The van der Waals surface area contributed by atoms with Crippen molar-refractivity contribution in [3.8, 4) is 11.1 Å². The van der Waals surface area contributed by atoms with E-state index in [1.54, 1.807) is 18.2 Å². The van der Waals surface area contributed by atoms with Gasteiger partial charge in [-0.1, -0.05) is 24.3 Å². The van der Waals surface area contributed by atoms with Crippen molar-refractivity contribution in [3.63, 3.8) is 0 Å². The molecule has 0 aliphatic heterocycles. The van der Waals surface area contributed by atoms with E-state index in [1.165, 1.54) is 0 Å². The SMILES string of the molecule is Cc1cc(N)nc(C)c1CNC(=O)c1ccc2c(c1)c1oc2c2ccc(-c3ccccc3C(N)=O)cc21. The molecule has 7 heteroatoms. The molecule has 3 aromatic carbocycles. The van der Waals surface area contributed by atoms with Crippen LogP contribution in [0.4, 0.5) is 5.82 Å². The highest BCUT2D eigenvalue weighted by molar-refractivity contribution is 6.26. The molecule has 3 heterocycles. The Morgan fingerprint density at radius 2 is 1.59 bits per heavy atom. The summed E-state index contributed by atoms with van der Waals surface area (Å²) >= 11 is 0. The van der Waals surface area contributed by atoms with E-state index in [0.717, 1.165) is 55.1 Å². The van der Waals surface area contributed by atoms with Crippen molar-refractivity contribution < 1.29 is 14.0 Å². The van der Waals surface area contributed by atoms with E-state index < -0.39 is 5.91 Å². The molecular weight excluding hydrogens is 464 g/mol. The molecule has 0 saturated carbocycles. The van der Waals surface area contributed by atoms with Crippen molar-refractivity contribution in [3.05, 3.63) is 94.7 Å². The highest BCUT2D eigenvalue weighted by atomic mass is 16.3. The number of nitrogens with one attached hydrogen (secondary N) is 1. The number of fused-ring (bicyclic) bond motifs is 8. The first-order valence-corrected chi connectivity index (χ1v) is 11.9. The summed E-state index contributed by atoms with van der Waals surface area (Å²) in [7, 11) is 0. The van der Waals surface area contributed by atoms with Crippen LogP contribution in [0.15, 0.2) is 71.1 Å². The minimum atomic E-state index is -0.475. The molecule has 7 nitrogen and oxygen atoms in total. The lowest BCUT2D eigenvalue weighted by Crippen LogP contribution is -2.24. The molecule has 0 spiro atoms. The van der Waals surface area contributed by atoms with Crippen LogP contribution >= 0.6 is 0 Å². The third-order valence-electron chi connectivity index (χ3n) is 6.99. The molecule has 0 saturated heterocycles. The molecule has 0 aliphatic rings. The van der Waals surface area contributed by atoms with Gasteiger partial charge in [0.15, 0.2) is 0 Å². The molecule has 3 aromatic heterocycles. The number of carbonyl (C=O) groups excluding carboxylic acids is 2. The standard InChI is InChI=1S/C30H24N4O3/c1-15-11-26(31)34-16(2)25(15)14-33-30(36)18-8-10-21-24(13-18)28-23-12-17(7-9-20(23)27(21)37-28)19-5-3-4-6-22(19)29(32)35/h3-13H,14H2,1-2H3,(H2,31,34)(H2,32,35)(H,33,36). The number of aromatic nitrogens is 1. The predicted molar refractivity (Wildman–Crippen MR) is 146 cm³/mol. The van der Waals surface area contributed by atoms with E-state index in [0.29, 0.717) is 29.1 Å². The van der Waals surface area contributed by atoms with Crippen LogP contribution in [-0.4, -0.2) is 16.8 Å². The van der Waals surface area contributed by atoms with Gasteiger partial charge in [-0.15, -0.1) is 0 Å². The van der Waals surface area contributed by atoms with Gasteiger partial charge in [-0.2, -0.15) is 0 Å². The lowest BCUT2D eigenvalue weighted by Gasteiger charge is -2.12. The summed E-state index contributed by atoms with van der Waals surface area (Å²) in [5, 5.41) is 6.74. The Morgan fingerprint density at radius 3 is 2.35 bits per heavy atom. The Hall–Kier alpha value is -4.91. The first-order chi connectivity index (χ1) is 17.8. The first kappa shape index (κ1) is 22.5. The number of amides is 2. The summed E-state index contributed by atoms with van der Waals surface area (Å²) in [4.78, 5) is 29.3. The number of nitrogens with two attached hydrogens (primary N) is 2. The Kier molecular flexibility index (Phi) is 5.08. The van der Waals surface area contributed by atoms with Gasteiger partial charge >= 0.3 is 0 Å². The van der Waals surface area contributed by atoms with Gasteiger partial charge in [0.2, 0.25) is 5.91 Å². The van der Waals surface area contributed by atoms with Crippen molar-refractivity contribution in [1.82, 2.24) is 10.3 Å². The molecule has 182 valence electrons. The fraction of sp³-hybridized carbons (Fsp3) is 0.100. The minimum Gasteiger partial charge on any atom is -0.455 e. The normalized spacial score (nSPS) is 11.5. The molecule has 0 radical (unpaired) electrons. The fourth-order valence-corrected chi connectivity index (χ4v) is 5.16. The van der Waals surface area contributed by atoms with Gasteiger partial charge in [-0.05, 0) is 78.6 Å². The highest BCUT2D eigenvalue weighted by Crippen LogP contribution is 2.42. The summed E-state index contributed by atoms with van der Waals surface area (Å²) in [6, 6.07) is 20.6. The first-order valence-electron chi connectivity index (χ1n) is 11.9. The van der Waals surface area contributed by atoms with E-state index >= 15 is 0 Å². The summed E-state index contributed by atoms with van der Waals surface area (Å²) in [6.45, 7) is 4.20. The van der Waals surface area contributed by atoms with Crippen molar-refractivity contribution in [2.45, 2.75) is 20.4 Å².